The third-order valence-corrected chi connectivity index (χ3v) is 3.90. The zero-order chi connectivity index (χ0) is 13.7. The van der Waals surface area contributed by atoms with Crippen molar-refractivity contribution in [1.29, 1.82) is 0 Å². The zero-order valence-electron chi connectivity index (χ0n) is 10.8. The van der Waals surface area contributed by atoms with E-state index in [1.54, 1.807) is 0 Å². The summed E-state index contributed by atoms with van der Waals surface area (Å²) in [6.07, 6.45) is 1.06. The molecule has 0 amide bonds. The van der Waals surface area contributed by atoms with Crippen molar-refractivity contribution in [2.75, 3.05) is 0 Å². The van der Waals surface area contributed by atoms with Crippen LogP contribution in [0.4, 0.5) is 0 Å². The lowest BCUT2D eigenvalue weighted by Gasteiger charge is -2.09. The summed E-state index contributed by atoms with van der Waals surface area (Å²) in [6, 6.07) is 14.4. The summed E-state index contributed by atoms with van der Waals surface area (Å²) in [7, 11) is 0. The Morgan fingerprint density at radius 2 is 1.63 bits per heavy atom. The Morgan fingerprint density at radius 1 is 1.00 bits per heavy atom. The van der Waals surface area contributed by atoms with E-state index in [1.807, 2.05) is 18.2 Å². The van der Waals surface area contributed by atoms with Crippen LogP contribution in [0, 0.1) is 0 Å². The predicted molar refractivity (Wildman–Crippen MR) is 83.9 cm³/mol. The molecule has 0 heterocycles. The molecule has 0 spiro atoms. The van der Waals surface area contributed by atoms with Gasteiger partial charge in [0.25, 0.3) is 0 Å². The lowest BCUT2D eigenvalue weighted by molar-refractivity contribution is 0.304. The molecule has 0 saturated carbocycles. The van der Waals surface area contributed by atoms with Gasteiger partial charge in [0.2, 0.25) is 0 Å². The molecule has 0 aliphatic rings. The summed E-state index contributed by atoms with van der Waals surface area (Å²) in [5.41, 5.74) is 3.59. The third-order valence-electron chi connectivity index (χ3n) is 2.98. The van der Waals surface area contributed by atoms with E-state index < -0.39 is 0 Å². The fourth-order valence-electron chi connectivity index (χ4n) is 1.78. The van der Waals surface area contributed by atoms with Gasteiger partial charge in [0.1, 0.15) is 12.4 Å². The van der Waals surface area contributed by atoms with E-state index in [-0.39, 0.29) is 0 Å². The van der Waals surface area contributed by atoms with E-state index in [0.29, 0.717) is 12.5 Å². The minimum absolute atomic E-state index is 0.511. The molecule has 0 radical (unpaired) electrons. The zero-order valence-corrected chi connectivity index (χ0v) is 13.2. The second-order valence-electron chi connectivity index (χ2n) is 4.36. The normalized spacial score (nSPS) is 10.5. The van der Waals surface area contributed by atoms with Crippen molar-refractivity contribution < 1.29 is 4.74 Å². The second kappa shape index (κ2) is 6.97. The quantitative estimate of drug-likeness (QED) is 0.669. The third kappa shape index (κ3) is 3.99. The van der Waals surface area contributed by atoms with Crippen LogP contribution in [0.15, 0.2) is 46.9 Å². The Hall–Kier alpha value is -0.990. The minimum atomic E-state index is 0.511. The average Bonchev–Trinajstić information content (AvgIpc) is 2.46. The number of benzene rings is 2. The standard InChI is InChI=1S/C16H16BrClO/c1-2-12-3-5-13(6-4-12)11-19-16-8-7-14(10-18)9-15(16)17/h3-9H,2,10-11H2,1H3. The first kappa shape index (κ1) is 14.4. The SMILES string of the molecule is CCc1ccc(COc2ccc(CCl)cc2Br)cc1. The highest BCUT2D eigenvalue weighted by molar-refractivity contribution is 9.10. The van der Waals surface area contributed by atoms with Gasteiger partial charge in [-0.3, -0.25) is 0 Å². The predicted octanol–water partition coefficient (Wildman–Crippen LogP) is 5.33. The molecular formula is C16H16BrClO. The van der Waals surface area contributed by atoms with Crippen molar-refractivity contribution in [1.82, 2.24) is 0 Å². The summed E-state index contributed by atoms with van der Waals surface area (Å²) in [5.74, 6) is 1.35. The summed E-state index contributed by atoms with van der Waals surface area (Å²) >= 11 is 9.29. The Balaban J connectivity index is 2.01. The second-order valence-corrected chi connectivity index (χ2v) is 5.48. The molecule has 19 heavy (non-hydrogen) atoms. The molecule has 0 N–H and O–H groups in total. The molecular weight excluding hydrogens is 324 g/mol. The Kier molecular flexibility index (Phi) is 5.29. The van der Waals surface area contributed by atoms with Crippen LogP contribution in [0.1, 0.15) is 23.6 Å². The molecule has 2 rings (SSSR count). The van der Waals surface area contributed by atoms with Crippen molar-refractivity contribution >= 4 is 27.5 Å². The minimum Gasteiger partial charge on any atom is -0.488 e. The highest BCUT2D eigenvalue weighted by Gasteiger charge is 2.03. The summed E-state index contributed by atoms with van der Waals surface area (Å²) < 4.78 is 6.75. The molecule has 0 aliphatic heterocycles. The van der Waals surface area contributed by atoms with Gasteiger partial charge in [0.15, 0.2) is 0 Å². The van der Waals surface area contributed by atoms with Crippen molar-refractivity contribution in [3.05, 3.63) is 63.6 Å². The van der Waals surface area contributed by atoms with Gasteiger partial charge in [-0.05, 0) is 51.2 Å². The average molecular weight is 340 g/mol. The number of hydrogen-bond acceptors (Lipinski definition) is 1. The molecule has 0 bridgehead atoms. The topological polar surface area (TPSA) is 9.23 Å². The van der Waals surface area contributed by atoms with Crippen LogP contribution in [0.3, 0.4) is 0 Å². The van der Waals surface area contributed by atoms with Crippen molar-refractivity contribution in [3.63, 3.8) is 0 Å². The van der Waals surface area contributed by atoms with Gasteiger partial charge in [-0.1, -0.05) is 37.3 Å². The number of hydrogen-bond donors (Lipinski definition) is 0. The summed E-state index contributed by atoms with van der Waals surface area (Å²) in [6.45, 7) is 2.73. The largest absolute Gasteiger partial charge is 0.488 e. The number of aryl methyl sites for hydroxylation is 1. The van der Waals surface area contributed by atoms with Gasteiger partial charge < -0.3 is 4.74 Å². The molecule has 0 aromatic heterocycles. The summed E-state index contributed by atoms with van der Waals surface area (Å²) in [5, 5.41) is 0. The molecule has 0 saturated heterocycles. The van der Waals surface area contributed by atoms with Crippen LogP contribution < -0.4 is 4.74 Å². The van der Waals surface area contributed by atoms with Crippen LogP contribution in [0.5, 0.6) is 5.75 Å². The summed E-state index contributed by atoms with van der Waals surface area (Å²) in [4.78, 5) is 0. The molecule has 2 aromatic carbocycles. The molecule has 0 unspecified atom stereocenters. The van der Waals surface area contributed by atoms with Gasteiger partial charge in [-0.2, -0.15) is 0 Å². The smallest absolute Gasteiger partial charge is 0.134 e. The highest BCUT2D eigenvalue weighted by atomic mass is 79.9. The number of ether oxygens (including phenoxy) is 1. The van der Waals surface area contributed by atoms with E-state index >= 15 is 0 Å². The maximum atomic E-state index is 5.81. The maximum Gasteiger partial charge on any atom is 0.134 e. The van der Waals surface area contributed by atoms with Crippen LogP contribution in [0.2, 0.25) is 0 Å². The van der Waals surface area contributed by atoms with Gasteiger partial charge in [0, 0.05) is 5.88 Å². The fraction of sp³-hybridized carbons (Fsp3) is 0.250. The van der Waals surface area contributed by atoms with Crippen molar-refractivity contribution in [2.45, 2.75) is 25.8 Å². The molecule has 2 aromatic rings. The molecule has 1 nitrogen and oxygen atoms in total. The van der Waals surface area contributed by atoms with E-state index in [1.165, 1.54) is 11.1 Å². The van der Waals surface area contributed by atoms with E-state index in [0.717, 1.165) is 22.2 Å². The van der Waals surface area contributed by atoms with Crippen LogP contribution in [-0.2, 0) is 18.9 Å². The van der Waals surface area contributed by atoms with Crippen LogP contribution >= 0.6 is 27.5 Å². The van der Waals surface area contributed by atoms with Gasteiger partial charge >= 0.3 is 0 Å². The molecule has 100 valence electrons. The van der Waals surface area contributed by atoms with Gasteiger partial charge in [0.05, 0.1) is 4.47 Å². The highest BCUT2D eigenvalue weighted by Crippen LogP contribution is 2.27. The lowest BCUT2D eigenvalue weighted by Crippen LogP contribution is -1.96. The Bertz CT molecular complexity index is 537. The van der Waals surface area contributed by atoms with Crippen molar-refractivity contribution in [3.8, 4) is 5.75 Å². The molecule has 0 aliphatic carbocycles. The number of alkyl halides is 1. The Labute approximate surface area is 127 Å². The van der Waals surface area contributed by atoms with Crippen LogP contribution in [-0.4, -0.2) is 0 Å². The molecule has 3 heteroatoms. The first-order valence-electron chi connectivity index (χ1n) is 6.28. The van der Waals surface area contributed by atoms with E-state index in [9.17, 15) is 0 Å². The number of halogens is 2. The number of rotatable bonds is 5. The fourth-order valence-corrected chi connectivity index (χ4v) is 2.48. The van der Waals surface area contributed by atoms with E-state index in [2.05, 4.69) is 47.1 Å². The van der Waals surface area contributed by atoms with Gasteiger partial charge in [-0.15, -0.1) is 11.6 Å². The maximum absolute atomic E-state index is 5.81. The van der Waals surface area contributed by atoms with E-state index in [4.69, 9.17) is 16.3 Å². The first-order chi connectivity index (χ1) is 9.22. The molecule has 0 fully saturated rings. The Morgan fingerprint density at radius 3 is 2.21 bits per heavy atom. The van der Waals surface area contributed by atoms with Crippen molar-refractivity contribution in [2.24, 2.45) is 0 Å². The van der Waals surface area contributed by atoms with Gasteiger partial charge in [-0.25, -0.2) is 0 Å². The monoisotopic (exact) mass is 338 g/mol. The molecule has 0 atom stereocenters. The van der Waals surface area contributed by atoms with Crippen LogP contribution in [0.25, 0.3) is 0 Å². The lowest BCUT2D eigenvalue weighted by atomic mass is 10.1. The first-order valence-corrected chi connectivity index (χ1v) is 7.60.